The van der Waals surface area contributed by atoms with E-state index >= 15 is 0 Å². The highest BCUT2D eigenvalue weighted by Gasteiger charge is 2.54. The maximum atomic E-state index is 14.7. The van der Waals surface area contributed by atoms with Crippen LogP contribution in [0.2, 0.25) is 0 Å². The standard InChI is InChI=1S/C23H23F7N4O2/c1-10(12-4-3-5-13(16(12)26)19(27)28)31-20-14-8-34(23(6-7-23)22(29)30)21(35)18(36-9-15(24)25)17(14)32-11(2)33-20/h3-5,8,10-11,15,19,22,32H,6-7,9H2,1-2H3,(H,31,33)/t10-,11?/m1/s1. The van der Waals surface area contributed by atoms with Crippen molar-refractivity contribution >= 4 is 11.5 Å². The highest BCUT2D eigenvalue weighted by Crippen LogP contribution is 2.48. The van der Waals surface area contributed by atoms with Gasteiger partial charge in [0.25, 0.3) is 24.8 Å². The minimum atomic E-state index is -3.04. The van der Waals surface area contributed by atoms with Crippen LogP contribution in [-0.2, 0) is 5.54 Å². The largest absolute Gasteiger partial charge is 0.480 e. The first-order valence-electron chi connectivity index (χ1n) is 11.1. The number of pyridine rings is 1. The van der Waals surface area contributed by atoms with Gasteiger partial charge in [-0.25, -0.2) is 35.7 Å². The Morgan fingerprint density at radius 3 is 2.44 bits per heavy atom. The molecular weight excluding hydrogens is 497 g/mol. The van der Waals surface area contributed by atoms with Gasteiger partial charge in [0.2, 0.25) is 5.75 Å². The molecule has 196 valence electrons. The molecule has 0 spiro atoms. The number of hydrogen-bond acceptors (Lipinski definition) is 5. The van der Waals surface area contributed by atoms with E-state index in [1.54, 1.807) is 6.92 Å². The number of alkyl halides is 6. The number of aliphatic imine (C=N–C) groups is 1. The molecule has 1 saturated carbocycles. The van der Waals surface area contributed by atoms with Crippen LogP contribution >= 0.6 is 0 Å². The molecule has 1 aromatic heterocycles. The predicted molar refractivity (Wildman–Crippen MR) is 118 cm³/mol. The molecule has 4 rings (SSSR count). The second kappa shape index (κ2) is 9.66. The summed E-state index contributed by atoms with van der Waals surface area (Å²) in [6.45, 7) is 1.90. The number of nitrogens with zero attached hydrogens (tertiary/aromatic N) is 2. The first-order chi connectivity index (χ1) is 17.0. The second-order valence-electron chi connectivity index (χ2n) is 8.74. The summed E-state index contributed by atoms with van der Waals surface area (Å²) in [6, 6.07) is 2.61. The van der Waals surface area contributed by atoms with Gasteiger partial charge in [-0.15, -0.1) is 0 Å². The third-order valence-corrected chi connectivity index (χ3v) is 6.21. The SMILES string of the molecule is CC1N=C(N[C@H](C)c2cccc(C(F)F)c2F)c2cn(C3(C(F)F)CC3)c(=O)c(OCC(F)F)c2N1. The molecule has 2 aliphatic rings. The van der Waals surface area contributed by atoms with Crippen LogP contribution < -0.4 is 20.9 Å². The van der Waals surface area contributed by atoms with E-state index in [0.717, 1.165) is 16.8 Å². The minimum Gasteiger partial charge on any atom is -0.480 e. The number of fused-ring (bicyclic) bond motifs is 1. The van der Waals surface area contributed by atoms with Crippen molar-refractivity contribution in [2.24, 2.45) is 4.99 Å². The normalized spacial score (nSPS) is 19.1. The molecule has 2 N–H and O–H groups in total. The van der Waals surface area contributed by atoms with E-state index in [2.05, 4.69) is 15.6 Å². The van der Waals surface area contributed by atoms with Gasteiger partial charge in [-0.2, -0.15) is 0 Å². The summed E-state index contributed by atoms with van der Waals surface area (Å²) in [4.78, 5) is 17.4. The smallest absolute Gasteiger partial charge is 0.295 e. The molecule has 2 atom stereocenters. The average Bonchev–Trinajstić information content (AvgIpc) is 3.60. The van der Waals surface area contributed by atoms with Gasteiger partial charge in [-0.05, 0) is 26.7 Å². The van der Waals surface area contributed by atoms with Gasteiger partial charge in [0.15, 0.2) is 0 Å². The number of ether oxygens (including phenoxy) is 1. The second-order valence-corrected chi connectivity index (χ2v) is 8.74. The van der Waals surface area contributed by atoms with Crippen molar-refractivity contribution in [1.82, 2.24) is 9.88 Å². The quantitative estimate of drug-likeness (QED) is 0.470. The molecule has 2 heterocycles. The number of halogens is 7. The fourth-order valence-corrected chi connectivity index (χ4v) is 4.19. The summed E-state index contributed by atoms with van der Waals surface area (Å²) in [5, 5.41) is 5.72. The van der Waals surface area contributed by atoms with Gasteiger partial charge >= 0.3 is 0 Å². The molecule has 1 aliphatic heterocycles. The Balaban J connectivity index is 1.80. The van der Waals surface area contributed by atoms with Gasteiger partial charge in [0.1, 0.15) is 30.0 Å². The first-order valence-corrected chi connectivity index (χ1v) is 11.1. The summed E-state index contributed by atoms with van der Waals surface area (Å²) in [7, 11) is 0. The lowest BCUT2D eigenvalue weighted by Crippen LogP contribution is -2.41. The zero-order valence-electron chi connectivity index (χ0n) is 19.2. The molecule has 1 aromatic carbocycles. The lowest BCUT2D eigenvalue weighted by atomic mass is 10.0. The van der Waals surface area contributed by atoms with Crippen molar-refractivity contribution in [1.29, 1.82) is 0 Å². The molecule has 2 aromatic rings. The summed E-state index contributed by atoms with van der Waals surface area (Å²) >= 11 is 0. The molecule has 1 fully saturated rings. The molecular formula is C23H23F7N4O2. The highest BCUT2D eigenvalue weighted by atomic mass is 19.3. The fraction of sp³-hybridized carbons (Fsp3) is 0.478. The lowest BCUT2D eigenvalue weighted by Gasteiger charge is -2.30. The Morgan fingerprint density at radius 2 is 1.86 bits per heavy atom. The first kappa shape index (κ1) is 25.8. The van der Waals surface area contributed by atoms with Gasteiger partial charge in [0.05, 0.1) is 22.9 Å². The molecule has 0 radical (unpaired) electrons. The number of aromatic nitrogens is 1. The van der Waals surface area contributed by atoms with Crippen LogP contribution in [0, 0.1) is 5.82 Å². The van der Waals surface area contributed by atoms with E-state index in [4.69, 9.17) is 4.74 Å². The Kier molecular flexibility index (Phi) is 6.93. The molecule has 6 nitrogen and oxygen atoms in total. The molecule has 1 unspecified atom stereocenters. The minimum absolute atomic E-state index is 0.0105. The number of amidine groups is 1. The molecule has 0 bridgehead atoms. The van der Waals surface area contributed by atoms with Gasteiger partial charge < -0.3 is 15.4 Å². The van der Waals surface area contributed by atoms with E-state index in [0.29, 0.717) is 0 Å². The van der Waals surface area contributed by atoms with Crippen LogP contribution in [0.3, 0.4) is 0 Å². The van der Waals surface area contributed by atoms with Crippen LogP contribution in [0.1, 0.15) is 55.8 Å². The van der Waals surface area contributed by atoms with Crippen LogP contribution in [0.5, 0.6) is 5.75 Å². The number of rotatable bonds is 8. The average molecular weight is 520 g/mol. The molecule has 13 heteroatoms. The Hall–Kier alpha value is -3.25. The molecule has 0 amide bonds. The predicted octanol–water partition coefficient (Wildman–Crippen LogP) is 5.19. The summed E-state index contributed by atoms with van der Waals surface area (Å²) < 4.78 is 100. The van der Waals surface area contributed by atoms with E-state index < -0.39 is 66.3 Å². The van der Waals surface area contributed by atoms with Crippen LogP contribution in [-0.4, -0.2) is 36.0 Å². The van der Waals surface area contributed by atoms with E-state index in [1.165, 1.54) is 19.1 Å². The van der Waals surface area contributed by atoms with Crippen LogP contribution in [0.25, 0.3) is 0 Å². The summed E-state index contributed by atoms with van der Waals surface area (Å²) in [5.74, 6) is -1.67. The third-order valence-electron chi connectivity index (χ3n) is 6.21. The van der Waals surface area contributed by atoms with Crippen molar-refractivity contribution in [3.63, 3.8) is 0 Å². The fourth-order valence-electron chi connectivity index (χ4n) is 4.19. The Labute approximate surface area is 201 Å². The van der Waals surface area contributed by atoms with Crippen LogP contribution in [0.15, 0.2) is 34.2 Å². The number of anilines is 1. The topological polar surface area (TPSA) is 67.7 Å². The lowest BCUT2D eigenvalue weighted by molar-refractivity contribution is 0.0622. The van der Waals surface area contributed by atoms with Crippen molar-refractivity contribution in [3.05, 3.63) is 57.3 Å². The van der Waals surface area contributed by atoms with Gasteiger partial charge in [0, 0.05) is 11.8 Å². The van der Waals surface area contributed by atoms with Crippen LogP contribution in [0.4, 0.5) is 36.4 Å². The monoisotopic (exact) mass is 520 g/mol. The maximum Gasteiger partial charge on any atom is 0.295 e. The highest BCUT2D eigenvalue weighted by molar-refractivity contribution is 6.06. The number of benzene rings is 1. The third kappa shape index (κ3) is 4.62. The van der Waals surface area contributed by atoms with Gasteiger partial charge in [-0.1, -0.05) is 18.2 Å². The van der Waals surface area contributed by atoms with Crippen molar-refractivity contribution < 1.29 is 35.5 Å². The molecule has 36 heavy (non-hydrogen) atoms. The zero-order chi connectivity index (χ0) is 26.4. The van der Waals surface area contributed by atoms with E-state index in [-0.39, 0.29) is 35.5 Å². The van der Waals surface area contributed by atoms with E-state index in [9.17, 15) is 35.5 Å². The van der Waals surface area contributed by atoms with Crippen molar-refractivity contribution in [2.75, 3.05) is 11.9 Å². The summed E-state index contributed by atoms with van der Waals surface area (Å²) in [5.41, 5.74) is -3.69. The number of nitrogens with one attached hydrogen (secondary N) is 2. The Bertz CT molecular complexity index is 1230. The molecule has 0 saturated heterocycles. The zero-order valence-corrected chi connectivity index (χ0v) is 19.2. The van der Waals surface area contributed by atoms with E-state index in [1.807, 2.05) is 0 Å². The van der Waals surface area contributed by atoms with Crippen molar-refractivity contribution in [3.8, 4) is 5.75 Å². The van der Waals surface area contributed by atoms with Crippen molar-refractivity contribution in [2.45, 2.75) is 63.7 Å². The Morgan fingerprint density at radius 1 is 1.19 bits per heavy atom. The molecule has 1 aliphatic carbocycles. The van der Waals surface area contributed by atoms with Gasteiger partial charge in [-0.3, -0.25) is 9.36 Å². The maximum absolute atomic E-state index is 14.7. The summed E-state index contributed by atoms with van der Waals surface area (Å²) in [6.07, 6.45) is -8.50. The number of hydrogen-bond donors (Lipinski definition) is 2.